The molecule has 1 fully saturated rings. The first-order valence-electron chi connectivity index (χ1n) is 9.93. The molecular weight excluding hydrogens is 368 g/mol. The Morgan fingerprint density at radius 2 is 1.93 bits per heavy atom. The molecule has 3 N–H and O–H groups in total. The van der Waals surface area contributed by atoms with Gasteiger partial charge in [0.25, 0.3) is 0 Å². The number of hydrogen-bond donors (Lipinski definition) is 3. The highest BCUT2D eigenvalue weighted by Gasteiger charge is 2.14. The van der Waals surface area contributed by atoms with E-state index in [-0.39, 0.29) is 5.56 Å². The van der Waals surface area contributed by atoms with E-state index in [1.165, 1.54) is 12.3 Å². The first-order valence-corrected chi connectivity index (χ1v) is 9.93. The Morgan fingerprint density at radius 3 is 2.66 bits per heavy atom. The molecule has 0 bridgehead atoms. The summed E-state index contributed by atoms with van der Waals surface area (Å²) in [6.07, 6.45) is 2.57. The molecule has 0 radical (unpaired) electrons. The topological polar surface area (TPSA) is 97.4 Å². The largest absolute Gasteiger partial charge is 0.478 e. The Hall–Kier alpha value is -2.97. The number of imidazole rings is 1. The number of H-pyrrole nitrogens is 1. The van der Waals surface area contributed by atoms with E-state index in [0.717, 1.165) is 56.9 Å². The van der Waals surface area contributed by atoms with Gasteiger partial charge in [0.1, 0.15) is 5.82 Å². The van der Waals surface area contributed by atoms with Crippen LogP contribution in [0.4, 0.5) is 5.69 Å². The summed E-state index contributed by atoms with van der Waals surface area (Å²) in [6.45, 7) is 6.67. The molecule has 3 aromatic rings. The number of piperazine rings is 1. The van der Waals surface area contributed by atoms with Gasteiger partial charge in [-0.1, -0.05) is 0 Å². The van der Waals surface area contributed by atoms with Gasteiger partial charge in [-0.15, -0.1) is 0 Å². The molecule has 0 amide bonds. The number of aromatic amines is 1. The molecule has 4 rings (SSSR count). The zero-order valence-corrected chi connectivity index (χ0v) is 16.6. The van der Waals surface area contributed by atoms with Crippen molar-refractivity contribution in [2.24, 2.45) is 0 Å². The molecule has 1 aromatic carbocycles. The van der Waals surface area contributed by atoms with Crippen molar-refractivity contribution in [3.05, 3.63) is 42.1 Å². The van der Waals surface area contributed by atoms with Crippen molar-refractivity contribution in [2.75, 3.05) is 51.6 Å². The molecule has 0 unspecified atom stereocenters. The summed E-state index contributed by atoms with van der Waals surface area (Å²) >= 11 is 0. The van der Waals surface area contributed by atoms with E-state index in [1.807, 2.05) is 24.3 Å². The Kier molecular flexibility index (Phi) is 5.73. The van der Waals surface area contributed by atoms with Gasteiger partial charge < -0.3 is 25.2 Å². The van der Waals surface area contributed by atoms with Gasteiger partial charge in [0, 0.05) is 50.2 Å². The molecule has 1 saturated heterocycles. The number of aromatic carboxylic acids is 1. The number of carboxylic acids is 1. The maximum atomic E-state index is 11.4. The average Bonchev–Trinajstić information content (AvgIpc) is 3.17. The van der Waals surface area contributed by atoms with E-state index >= 15 is 0 Å². The van der Waals surface area contributed by atoms with Crippen molar-refractivity contribution < 1.29 is 9.90 Å². The molecule has 8 nitrogen and oxygen atoms in total. The number of pyridine rings is 1. The van der Waals surface area contributed by atoms with Gasteiger partial charge in [0.15, 0.2) is 5.65 Å². The number of carbonyl (C=O) groups is 1. The second kappa shape index (κ2) is 8.59. The minimum atomic E-state index is -0.997. The highest BCUT2D eigenvalue weighted by molar-refractivity contribution is 6.00. The average molecular weight is 394 g/mol. The number of anilines is 1. The van der Waals surface area contributed by atoms with Crippen LogP contribution in [0.1, 0.15) is 16.8 Å². The van der Waals surface area contributed by atoms with Crippen LogP contribution in [0.15, 0.2) is 36.5 Å². The third kappa shape index (κ3) is 4.55. The number of nitrogens with zero attached hydrogens (tertiary/aromatic N) is 4. The number of fused-ring (bicyclic) bond motifs is 1. The van der Waals surface area contributed by atoms with Crippen molar-refractivity contribution in [1.29, 1.82) is 0 Å². The quantitative estimate of drug-likeness (QED) is 0.529. The normalized spacial score (nSPS) is 15.6. The molecule has 2 aromatic heterocycles. The van der Waals surface area contributed by atoms with Crippen LogP contribution in [-0.4, -0.2) is 82.1 Å². The SMILES string of the molecule is CN1CCN(CCCNc2ccc(-c3nc4nccc(C(=O)O)c4[nH]3)cc2)CC1. The minimum absolute atomic E-state index is 0.174. The van der Waals surface area contributed by atoms with Crippen LogP contribution in [0.25, 0.3) is 22.6 Å². The van der Waals surface area contributed by atoms with Gasteiger partial charge in [0.05, 0.1) is 11.1 Å². The van der Waals surface area contributed by atoms with Crippen LogP contribution in [0.3, 0.4) is 0 Å². The van der Waals surface area contributed by atoms with Crippen LogP contribution in [-0.2, 0) is 0 Å². The van der Waals surface area contributed by atoms with Crippen LogP contribution in [0.2, 0.25) is 0 Å². The third-order valence-corrected chi connectivity index (χ3v) is 5.36. The zero-order valence-electron chi connectivity index (χ0n) is 16.6. The van der Waals surface area contributed by atoms with E-state index in [0.29, 0.717) is 17.0 Å². The minimum Gasteiger partial charge on any atom is -0.478 e. The molecule has 1 aliphatic heterocycles. The second-order valence-electron chi connectivity index (χ2n) is 7.45. The molecule has 29 heavy (non-hydrogen) atoms. The van der Waals surface area contributed by atoms with Crippen LogP contribution < -0.4 is 5.32 Å². The number of rotatable bonds is 7. The molecular formula is C21H26N6O2. The standard InChI is InChI=1S/C21H26N6O2/c1-26-11-13-27(14-12-26)10-2-8-22-16-5-3-15(4-6-16)19-24-18-17(21(28)29)7-9-23-20(18)25-19/h3-7,9,22H,2,8,10-14H2,1H3,(H,28,29)(H,23,24,25). The lowest BCUT2D eigenvalue weighted by Gasteiger charge is -2.32. The number of nitrogens with one attached hydrogen (secondary N) is 2. The number of likely N-dealkylation sites (N-methyl/N-ethyl adjacent to an activating group) is 1. The molecule has 0 spiro atoms. The Morgan fingerprint density at radius 1 is 1.17 bits per heavy atom. The Bertz CT molecular complexity index is 977. The highest BCUT2D eigenvalue weighted by atomic mass is 16.4. The molecule has 1 aliphatic rings. The number of carboxylic acid groups (broad SMARTS) is 1. The zero-order chi connectivity index (χ0) is 20.2. The van der Waals surface area contributed by atoms with Crippen molar-refractivity contribution in [1.82, 2.24) is 24.8 Å². The van der Waals surface area contributed by atoms with Crippen LogP contribution in [0.5, 0.6) is 0 Å². The summed E-state index contributed by atoms with van der Waals surface area (Å²) < 4.78 is 0. The van der Waals surface area contributed by atoms with Gasteiger partial charge in [-0.05, 0) is 50.3 Å². The summed E-state index contributed by atoms with van der Waals surface area (Å²) in [5.41, 5.74) is 2.98. The molecule has 0 aliphatic carbocycles. The molecule has 0 atom stereocenters. The fourth-order valence-corrected chi connectivity index (χ4v) is 3.58. The maximum Gasteiger partial charge on any atom is 0.338 e. The smallest absolute Gasteiger partial charge is 0.338 e. The number of aromatic nitrogens is 3. The second-order valence-corrected chi connectivity index (χ2v) is 7.45. The van der Waals surface area contributed by atoms with E-state index in [1.54, 1.807) is 0 Å². The summed E-state index contributed by atoms with van der Waals surface area (Å²) in [4.78, 5) is 27.9. The van der Waals surface area contributed by atoms with E-state index in [2.05, 4.69) is 37.1 Å². The van der Waals surface area contributed by atoms with E-state index in [9.17, 15) is 9.90 Å². The monoisotopic (exact) mass is 394 g/mol. The van der Waals surface area contributed by atoms with E-state index < -0.39 is 5.97 Å². The van der Waals surface area contributed by atoms with Gasteiger partial charge in [-0.2, -0.15) is 0 Å². The van der Waals surface area contributed by atoms with Crippen LogP contribution in [0, 0.1) is 0 Å². The van der Waals surface area contributed by atoms with Crippen molar-refractivity contribution in [3.8, 4) is 11.4 Å². The predicted molar refractivity (Wildman–Crippen MR) is 113 cm³/mol. The van der Waals surface area contributed by atoms with Gasteiger partial charge in [0.2, 0.25) is 0 Å². The van der Waals surface area contributed by atoms with Crippen LogP contribution >= 0.6 is 0 Å². The predicted octanol–water partition coefficient (Wildman–Crippen LogP) is 2.37. The highest BCUT2D eigenvalue weighted by Crippen LogP contribution is 2.23. The summed E-state index contributed by atoms with van der Waals surface area (Å²) in [5, 5.41) is 12.8. The lowest BCUT2D eigenvalue weighted by molar-refractivity contribution is 0.0698. The first-order chi connectivity index (χ1) is 14.1. The summed E-state index contributed by atoms with van der Waals surface area (Å²) in [7, 11) is 2.18. The lowest BCUT2D eigenvalue weighted by Crippen LogP contribution is -2.44. The molecule has 3 heterocycles. The molecule has 0 saturated carbocycles. The summed E-state index contributed by atoms with van der Waals surface area (Å²) in [5.74, 6) is -0.383. The fraction of sp³-hybridized carbons (Fsp3) is 0.381. The van der Waals surface area contributed by atoms with Crippen molar-refractivity contribution in [2.45, 2.75) is 6.42 Å². The third-order valence-electron chi connectivity index (χ3n) is 5.36. The number of benzene rings is 1. The van der Waals surface area contributed by atoms with Gasteiger partial charge in [-0.25, -0.2) is 14.8 Å². The Labute approximate surface area is 169 Å². The molecule has 8 heteroatoms. The fourth-order valence-electron chi connectivity index (χ4n) is 3.58. The Balaban J connectivity index is 1.34. The lowest BCUT2D eigenvalue weighted by atomic mass is 10.2. The molecule has 152 valence electrons. The van der Waals surface area contributed by atoms with Gasteiger partial charge in [-0.3, -0.25) is 0 Å². The van der Waals surface area contributed by atoms with Gasteiger partial charge >= 0.3 is 5.97 Å². The van der Waals surface area contributed by atoms with E-state index in [4.69, 9.17) is 0 Å². The maximum absolute atomic E-state index is 11.4. The first kappa shape index (κ1) is 19.4. The van der Waals surface area contributed by atoms with Crippen molar-refractivity contribution in [3.63, 3.8) is 0 Å². The van der Waals surface area contributed by atoms with Crippen molar-refractivity contribution >= 4 is 22.8 Å². The summed E-state index contributed by atoms with van der Waals surface area (Å²) in [6, 6.07) is 9.46. The number of hydrogen-bond acceptors (Lipinski definition) is 6.